The number of carbonyl (C=O) groups is 1. The van der Waals surface area contributed by atoms with Crippen LogP contribution in [0.4, 0.5) is 0 Å². The number of hydrogen-bond acceptors (Lipinski definition) is 4. The fourth-order valence-corrected chi connectivity index (χ4v) is 2.18. The van der Waals surface area contributed by atoms with E-state index in [4.69, 9.17) is 5.11 Å². The lowest BCUT2D eigenvalue weighted by Gasteiger charge is -2.13. The Hall–Kier alpha value is -0.970. The molecule has 0 aliphatic heterocycles. The zero-order valence-electron chi connectivity index (χ0n) is 9.44. The normalized spacial score (nSPS) is 12.1. The van der Waals surface area contributed by atoms with Crippen LogP contribution in [-0.2, 0) is 16.6 Å². The Labute approximate surface area is 93.4 Å². The highest BCUT2D eigenvalue weighted by Crippen LogP contribution is 2.27. The number of carboxylic acids is 1. The zero-order valence-corrected chi connectivity index (χ0v) is 10.3. The van der Waals surface area contributed by atoms with E-state index in [1.165, 1.54) is 11.3 Å². The lowest BCUT2D eigenvalue weighted by atomic mass is 9.95. The summed E-state index contributed by atoms with van der Waals surface area (Å²) in [6.45, 7) is 7.50. The van der Waals surface area contributed by atoms with E-state index in [9.17, 15) is 4.79 Å². The number of nitrogens with zero attached hydrogens (tertiary/aromatic N) is 2. The van der Waals surface area contributed by atoms with Gasteiger partial charge in [0.2, 0.25) is 0 Å². The van der Waals surface area contributed by atoms with Gasteiger partial charge in [0.1, 0.15) is 15.4 Å². The van der Waals surface area contributed by atoms with Gasteiger partial charge in [0.15, 0.2) is 0 Å². The highest BCUT2D eigenvalue weighted by Gasteiger charge is 2.33. The second-order valence-corrected chi connectivity index (χ2v) is 5.59. The quantitative estimate of drug-likeness (QED) is 0.857. The molecule has 5 heteroatoms. The van der Waals surface area contributed by atoms with Gasteiger partial charge in [0, 0.05) is 6.42 Å². The maximum Gasteiger partial charge on any atom is 0.316 e. The van der Waals surface area contributed by atoms with Gasteiger partial charge in [-0.1, -0.05) is 13.8 Å². The Morgan fingerprint density at radius 2 is 2.07 bits per heavy atom. The SMILES string of the molecule is CC(C)Cc1nnc(C(C)(C)C(=O)O)s1. The van der Waals surface area contributed by atoms with Gasteiger partial charge in [-0.3, -0.25) is 4.79 Å². The second-order valence-electron chi connectivity index (χ2n) is 4.53. The first-order chi connectivity index (χ1) is 6.84. The third-order valence-electron chi connectivity index (χ3n) is 2.12. The molecule has 0 aliphatic rings. The predicted molar refractivity (Wildman–Crippen MR) is 59.1 cm³/mol. The second kappa shape index (κ2) is 4.26. The van der Waals surface area contributed by atoms with E-state index < -0.39 is 11.4 Å². The van der Waals surface area contributed by atoms with Crippen LogP contribution in [-0.4, -0.2) is 21.3 Å². The Kier molecular flexibility index (Phi) is 3.44. The molecule has 0 spiro atoms. The van der Waals surface area contributed by atoms with Crippen LogP contribution in [0, 0.1) is 5.92 Å². The molecule has 0 amide bonds. The Morgan fingerprint density at radius 1 is 1.47 bits per heavy atom. The average molecular weight is 228 g/mol. The Morgan fingerprint density at radius 3 is 2.53 bits per heavy atom. The first-order valence-electron chi connectivity index (χ1n) is 4.90. The number of hydrogen-bond donors (Lipinski definition) is 1. The van der Waals surface area contributed by atoms with Crippen molar-refractivity contribution < 1.29 is 9.90 Å². The van der Waals surface area contributed by atoms with Crippen LogP contribution >= 0.6 is 11.3 Å². The molecule has 0 bridgehead atoms. The minimum atomic E-state index is -0.938. The fraction of sp³-hybridized carbons (Fsp3) is 0.700. The zero-order chi connectivity index (χ0) is 11.6. The number of aromatic nitrogens is 2. The van der Waals surface area contributed by atoms with Gasteiger partial charge in [-0.05, 0) is 19.8 Å². The van der Waals surface area contributed by atoms with Gasteiger partial charge in [-0.15, -0.1) is 21.5 Å². The van der Waals surface area contributed by atoms with Gasteiger partial charge in [0.25, 0.3) is 0 Å². The van der Waals surface area contributed by atoms with Crippen LogP contribution in [0.5, 0.6) is 0 Å². The van der Waals surface area contributed by atoms with Crippen molar-refractivity contribution in [3.63, 3.8) is 0 Å². The molecule has 0 saturated carbocycles. The van der Waals surface area contributed by atoms with Gasteiger partial charge in [-0.25, -0.2) is 0 Å². The van der Waals surface area contributed by atoms with Crippen LogP contribution in [0.1, 0.15) is 37.7 Å². The molecule has 1 rings (SSSR count). The first-order valence-corrected chi connectivity index (χ1v) is 5.72. The summed E-state index contributed by atoms with van der Waals surface area (Å²) < 4.78 is 0. The van der Waals surface area contributed by atoms with Gasteiger partial charge in [0.05, 0.1) is 0 Å². The van der Waals surface area contributed by atoms with Crippen LogP contribution < -0.4 is 0 Å². The summed E-state index contributed by atoms with van der Waals surface area (Å²) in [5.74, 6) is -0.353. The molecular formula is C10H16N2O2S. The predicted octanol–water partition coefficient (Wildman–Crippen LogP) is 2.10. The molecule has 84 valence electrons. The largest absolute Gasteiger partial charge is 0.481 e. The number of rotatable bonds is 4. The van der Waals surface area contributed by atoms with Crippen molar-refractivity contribution >= 4 is 17.3 Å². The van der Waals surface area contributed by atoms with E-state index in [0.717, 1.165) is 11.4 Å². The Balaban J connectivity index is 2.89. The molecule has 1 heterocycles. The van der Waals surface area contributed by atoms with Crippen molar-refractivity contribution in [3.05, 3.63) is 10.0 Å². The summed E-state index contributed by atoms with van der Waals surface area (Å²) in [7, 11) is 0. The van der Waals surface area contributed by atoms with Crippen molar-refractivity contribution in [2.24, 2.45) is 5.92 Å². The van der Waals surface area contributed by atoms with Crippen molar-refractivity contribution in [2.75, 3.05) is 0 Å². The lowest BCUT2D eigenvalue weighted by Crippen LogP contribution is -2.28. The Bertz CT molecular complexity index is 358. The van der Waals surface area contributed by atoms with Gasteiger partial charge >= 0.3 is 5.97 Å². The molecule has 4 nitrogen and oxygen atoms in total. The minimum Gasteiger partial charge on any atom is -0.481 e. The average Bonchev–Trinajstić information content (AvgIpc) is 2.51. The molecule has 0 atom stereocenters. The van der Waals surface area contributed by atoms with Crippen LogP contribution in [0.2, 0.25) is 0 Å². The third kappa shape index (κ3) is 2.75. The first kappa shape index (κ1) is 12.1. The van der Waals surface area contributed by atoms with E-state index >= 15 is 0 Å². The number of aliphatic carboxylic acids is 1. The van der Waals surface area contributed by atoms with Gasteiger partial charge in [-0.2, -0.15) is 0 Å². The smallest absolute Gasteiger partial charge is 0.316 e. The van der Waals surface area contributed by atoms with Crippen molar-refractivity contribution in [1.82, 2.24) is 10.2 Å². The molecule has 0 saturated heterocycles. The molecule has 1 aromatic heterocycles. The standard InChI is InChI=1S/C10H16N2O2S/c1-6(2)5-7-11-12-8(15-7)10(3,4)9(13)14/h6H,5H2,1-4H3,(H,13,14). The number of carboxylic acid groups (broad SMARTS) is 1. The molecular weight excluding hydrogens is 212 g/mol. The topological polar surface area (TPSA) is 63.1 Å². The molecule has 0 unspecified atom stereocenters. The monoisotopic (exact) mass is 228 g/mol. The van der Waals surface area contributed by atoms with E-state index in [0.29, 0.717) is 10.9 Å². The summed E-state index contributed by atoms with van der Waals surface area (Å²) in [6, 6.07) is 0. The molecule has 0 aromatic carbocycles. The third-order valence-corrected chi connectivity index (χ3v) is 3.39. The molecule has 1 N–H and O–H groups in total. The van der Waals surface area contributed by atoms with E-state index in [-0.39, 0.29) is 0 Å². The lowest BCUT2D eigenvalue weighted by molar-refractivity contribution is -0.142. The fourth-order valence-electron chi connectivity index (χ4n) is 1.03. The highest BCUT2D eigenvalue weighted by molar-refractivity contribution is 7.11. The van der Waals surface area contributed by atoms with Crippen molar-refractivity contribution in [1.29, 1.82) is 0 Å². The highest BCUT2D eigenvalue weighted by atomic mass is 32.1. The summed E-state index contributed by atoms with van der Waals surface area (Å²) in [4.78, 5) is 11.0. The molecule has 1 aromatic rings. The maximum atomic E-state index is 11.0. The minimum absolute atomic E-state index is 0.513. The van der Waals surface area contributed by atoms with Crippen LogP contribution in [0.25, 0.3) is 0 Å². The molecule has 0 radical (unpaired) electrons. The van der Waals surface area contributed by atoms with Crippen LogP contribution in [0.3, 0.4) is 0 Å². The maximum absolute atomic E-state index is 11.0. The summed E-state index contributed by atoms with van der Waals surface area (Å²) in [5.41, 5.74) is -0.938. The summed E-state index contributed by atoms with van der Waals surface area (Å²) >= 11 is 1.39. The summed E-state index contributed by atoms with van der Waals surface area (Å²) in [5, 5.41) is 18.5. The van der Waals surface area contributed by atoms with Crippen molar-refractivity contribution in [2.45, 2.75) is 39.5 Å². The van der Waals surface area contributed by atoms with Crippen molar-refractivity contribution in [3.8, 4) is 0 Å². The van der Waals surface area contributed by atoms with E-state index in [2.05, 4.69) is 24.0 Å². The summed E-state index contributed by atoms with van der Waals surface area (Å²) in [6.07, 6.45) is 0.855. The molecule has 15 heavy (non-hydrogen) atoms. The molecule has 0 fully saturated rings. The van der Waals surface area contributed by atoms with Crippen LogP contribution in [0.15, 0.2) is 0 Å². The molecule has 0 aliphatic carbocycles. The van der Waals surface area contributed by atoms with Gasteiger partial charge < -0.3 is 5.11 Å². The van der Waals surface area contributed by atoms with E-state index in [1.54, 1.807) is 13.8 Å². The van der Waals surface area contributed by atoms with E-state index in [1.807, 2.05) is 0 Å².